The van der Waals surface area contributed by atoms with E-state index in [1.807, 2.05) is 63.2 Å². The lowest BCUT2D eigenvalue weighted by Crippen LogP contribution is -2.50. The normalized spacial score (nSPS) is 17.4. The lowest BCUT2D eigenvalue weighted by molar-refractivity contribution is -0.00115. The number of hydrogen-bond donors (Lipinski definition) is 0. The third-order valence-corrected chi connectivity index (χ3v) is 5.47. The molecule has 30 heavy (non-hydrogen) atoms. The molecule has 4 rings (SSSR count). The average Bonchev–Trinajstić information content (AvgIpc) is 2.72. The Balaban J connectivity index is 1.62. The van der Waals surface area contributed by atoms with Gasteiger partial charge in [0.2, 0.25) is 0 Å². The smallest absolute Gasteiger partial charge is 0.410 e. The van der Waals surface area contributed by atoms with Crippen molar-refractivity contribution in [3.8, 4) is 5.75 Å². The molecule has 2 aromatic carbocycles. The van der Waals surface area contributed by atoms with Gasteiger partial charge in [0.25, 0.3) is 0 Å². The van der Waals surface area contributed by atoms with Crippen LogP contribution in [0.5, 0.6) is 5.75 Å². The molecular formula is C25H26N2O3. The van der Waals surface area contributed by atoms with E-state index in [1.165, 1.54) is 0 Å². The van der Waals surface area contributed by atoms with E-state index in [0.29, 0.717) is 31.6 Å². The van der Waals surface area contributed by atoms with Gasteiger partial charge in [0, 0.05) is 31.5 Å². The molecule has 2 aliphatic heterocycles. The highest BCUT2D eigenvalue weighted by molar-refractivity contribution is 5.85. The monoisotopic (exact) mass is 402 g/mol. The number of carbonyl (C=O) groups excluding carboxylic acids is 1. The number of para-hydroxylation sites is 1. The van der Waals surface area contributed by atoms with Crippen molar-refractivity contribution in [1.82, 2.24) is 4.90 Å². The van der Waals surface area contributed by atoms with Crippen LogP contribution in [-0.2, 0) is 4.74 Å². The van der Waals surface area contributed by atoms with Crippen molar-refractivity contribution in [2.24, 2.45) is 0 Å². The number of carbonyl (C=O) groups is 1. The predicted molar refractivity (Wildman–Crippen MR) is 117 cm³/mol. The first-order valence-corrected chi connectivity index (χ1v) is 10.3. The number of piperidine rings is 1. The van der Waals surface area contributed by atoms with E-state index >= 15 is 0 Å². The summed E-state index contributed by atoms with van der Waals surface area (Å²) >= 11 is 0. The highest BCUT2D eigenvalue weighted by Crippen LogP contribution is 2.43. The first-order chi connectivity index (χ1) is 14.3. The van der Waals surface area contributed by atoms with E-state index in [0.717, 1.165) is 22.4 Å². The van der Waals surface area contributed by atoms with E-state index in [2.05, 4.69) is 17.0 Å². The average molecular weight is 402 g/mol. The number of benzene rings is 2. The molecule has 1 saturated heterocycles. The van der Waals surface area contributed by atoms with E-state index < -0.39 is 11.2 Å². The second kappa shape index (κ2) is 7.53. The maximum Gasteiger partial charge on any atom is 0.410 e. The molecule has 1 amide bonds. The van der Waals surface area contributed by atoms with Crippen molar-refractivity contribution in [1.29, 1.82) is 0 Å². The van der Waals surface area contributed by atoms with Gasteiger partial charge < -0.3 is 14.4 Å². The van der Waals surface area contributed by atoms with Gasteiger partial charge in [-0.2, -0.15) is 0 Å². The SMILES string of the molecule is [C-]#[N+]c1ccc(C2=CC3(CCN(C(=O)OC(C)(C)C)CC3)Oc3ccccc32)cc1. The number of amides is 1. The van der Waals surface area contributed by atoms with Gasteiger partial charge in [0.15, 0.2) is 5.69 Å². The number of rotatable bonds is 1. The third kappa shape index (κ3) is 4.04. The van der Waals surface area contributed by atoms with Gasteiger partial charge in [-0.05, 0) is 44.1 Å². The number of nitrogens with zero attached hydrogens (tertiary/aromatic N) is 2. The van der Waals surface area contributed by atoms with Gasteiger partial charge in [-0.25, -0.2) is 9.64 Å². The summed E-state index contributed by atoms with van der Waals surface area (Å²) in [5, 5.41) is 0. The molecule has 2 heterocycles. The number of likely N-dealkylation sites (tertiary alicyclic amines) is 1. The van der Waals surface area contributed by atoms with Crippen LogP contribution in [-0.4, -0.2) is 35.3 Å². The Morgan fingerprint density at radius 1 is 1.10 bits per heavy atom. The van der Waals surface area contributed by atoms with E-state index in [1.54, 1.807) is 4.90 Å². The summed E-state index contributed by atoms with van der Waals surface area (Å²) in [6.07, 6.45) is 3.33. The zero-order chi connectivity index (χ0) is 21.4. The fourth-order valence-electron chi connectivity index (χ4n) is 3.96. The Labute approximate surface area is 177 Å². The lowest BCUT2D eigenvalue weighted by atomic mass is 9.83. The number of ether oxygens (including phenoxy) is 2. The van der Waals surface area contributed by atoms with Gasteiger partial charge in [-0.1, -0.05) is 42.5 Å². The molecule has 1 spiro atoms. The van der Waals surface area contributed by atoms with Crippen molar-refractivity contribution in [3.63, 3.8) is 0 Å². The molecule has 5 heteroatoms. The van der Waals surface area contributed by atoms with Gasteiger partial charge in [-0.3, -0.25) is 0 Å². The molecular weight excluding hydrogens is 376 g/mol. The Bertz CT molecular complexity index is 1020. The van der Waals surface area contributed by atoms with Crippen molar-refractivity contribution in [2.45, 2.75) is 44.8 Å². The number of fused-ring (bicyclic) bond motifs is 1. The minimum absolute atomic E-state index is 0.271. The first-order valence-electron chi connectivity index (χ1n) is 10.3. The minimum atomic E-state index is -0.503. The molecule has 0 saturated carbocycles. The topological polar surface area (TPSA) is 43.1 Å². The van der Waals surface area contributed by atoms with Crippen molar-refractivity contribution >= 4 is 17.4 Å². The maximum atomic E-state index is 12.5. The van der Waals surface area contributed by atoms with Crippen molar-refractivity contribution in [3.05, 3.63) is 77.2 Å². The standard InChI is InChI=1S/C25H26N2O3/c1-24(2,3)30-23(28)27-15-13-25(14-16-27)17-21(18-9-11-19(26-4)12-10-18)20-7-5-6-8-22(20)29-25/h5-12,17H,13-16H2,1-3H3. The first kappa shape index (κ1) is 20.0. The summed E-state index contributed by atoms with van der Waals surface area (Å²) in [7, 11) is 0. The van der Waals surface area contributed by atoms with Crippen LogP contribution in [0.4, 0.5) is 10.5 Å². The fraction of sp³-hybridized carbons (Fsp3) is 0.360. The van der Waals surface area contributed by atoms with Crippen LogP contribution in [0.1, 0.15) is 44.7 Å². The van der Waals surface area contributed by atoms with E-state index in [-0.39, 0.29) is 6.09 Å². The maximum absolute atomic E-state index is 12.5. The van der Waals surface area contributed by atoms with Gasteiger partial charge >= 0.3 is 6.09 Å². The molecule has 154 valence electrons. The number of hydrogen-bond acceptors (Lipinski definition) is 3. The molecule has 0 atom stereocenters. The zero-order valence-corrected chi connectivity index (χ0v) is 17.6. The highest BCUT2D eigenvalue weighted by atomic mass is 16.6. The van der Waals surface area contributed by atoms with Crippen LogP contribution in [0.2, 0.25) is 0 Å². The van der Waals surface area contributed by atoms with Crippen LogP contribution in [0.15, 0.2) is 54.6 Å². The van der Waals surface area contributed by atoms with Crippen LogP contribution >= 0.6 is 0 Å². The van der Waals surface area contributed by atoms with Gasteiger partial charge in [0.05, 0.1) is 6.57 Å². The summed E-state index contributed by atoms with van der Waals surface area (Å²) in [6, 6.07) is 15.7. The Morgan fingerprint density at radius 3 is 2.40 bits per heavy atom. The fourth-order valence-corrected chi connectivity index (χ4v) is 3.96. The second-order valence-corrected chi connectivity index (χ2v) is 8.85. The van der Waals surface area contributed by atoms with Crippen molar-refractivity contribution < 1.29 is 14.3 Å². The molecule has 2 aliphatic rings. The molecule has 0 aromatic heterocycles. The van der Waals surface area contributed by atoms with Gasteiger partial charge in [0.1, 0.15) is 17.0 Å². The lowest BCUT2D eigenvalue weighted by Gasteiger charge is -2.43. The van der Waals surface area contributed by atoms with Crippen LogP contribution in [0, 0.1) is 6.57 Å². The zero-order valence-electron chi connectivity index (χ0n) is 17.6. The summed E-state index contributed by atoms with van der Waals surface area (Å²) < 4.78 is 12.0. The Hall–Kier alpha value is -3.26. The molecule has 0 N–H and O–H groups in total. The third-order valence-electron chi connectivity index (χ3n) is 5.47. The van der Waals surface area contributed by atoms with Gasteiger partial charge in [-0.15, -0.1) is 0 Å². The molecule has 0 bridgehead atoms. The minimum Gasteiger partial charge on any atom is -0.482 e. The van der Waals surface area contributed by atoms with Crippen LogP contribution < -0.4 is 4.74 Å². The molecule has 2 aromatic rings. The highest BCUT2D eigenvalue weighted by Gasteiger charge is 2.40. The largest absolute Gasteiger partial charge is 0.482 e. The molecule has 0 unspecified atom stereocenters. The van der Waals surface area contributed by atoms with E-state index in [9.17, 15) is 4.79 Å². The molecule has 0 aliphatic carbocycles. The predicted octanol–water partition coefficient (Wildman–Crippen LogP) is 5.83. The summed E-state index contributed by atoms with van der Waals surface area (Å²) in [6.45, 7) is 14.0. The summed E-state index contributed by atoms with van der Waals surface area (Å²) in [5.74, 6) is 0.856. The molecule has 1 fully saturated rings. The van der Waals surface area contributed by atoms with Crippen LogP contribution in [0.25, 0.3) is 10.4 Å². The summed E-state index contributed by atoms with van der Waals surface area (Å²) in [5.41, 5.74) is 2.89. The Kier molecular flexibility index (Phi) is 5.03. The van der Waals surface area contributed by atoms with Crippen molar-refractivity contribution in [2.75, 3.05) is 13.1 Å². The van der Waals surface area contributed by atoms with E-state index in [4.69, 9.17) is 16.0 Å². The second-order valence-electron chi connectivity index (χ2n) is 8.85. The van der Waals surface area contributed by atoms with Crippen LogP contribution in [0.3, 0.4) is 0 Å². The molecule has 0 radical (unpaired) electrons. The Morgan fingerprint density at radius 2 is 1.77 bits per heavy atom. The summed E-state index contributed by atoms with van der Waals surface area (Å²) in [4.78, 5) is 17.7. The molecule has 5 nitrogen and oxygen atoms in total. The quantitative estimate of drug-likeness (QED) is 0.564.